The lowest BCUT2D eigenvalue weighted by Gasteiger charge is -2.47. The van der Waals surface area contributed by atoms with Crippen LogP contribution in [0.4, 0.5) is 0 Å². The molecule has 2 N–H and O–H groups in total. The molecule has 0 spiro atoms. The van der Waals surface area contributed by atoms with E-state index in [1.807, 2.05) is 54.6 Å². The van der Waals surface area contributed by atoms with Gasteiger partial charge in [-0.2, -0.15) is 0 Å². The second-order valence-electron chi connectivity index (χ2n) is 9.56. The summed E-state index contributed by atoms with van der Waals surface area (Å²) in [5, 5.41) is 21.7. The largest absolute Gasteiger partial charge is 0.394 e. The van der Waals surface area contributed by atoms with Crippen LogP contribution in [-0.2, 0) is 10.3 Å². The lowest BCUT2D eigenvalue weighted by molar-refractivity contribution is -0.194. The highest BCUT2D eigenvalue weighted by Gasteiger charge is 2.48. The fourth-order valence-electron chi connectivity index (χ4n) is 5.14. The molecule has 0 amide bonds. The second-order valence-corrected chi connectivity index (χ2v) is 9.56. The zero-order valence-corrected chi connectivity index (χ0v) is 21.4. The summed E-state index contributed by atoms with van der Waals surface area (Å²) in [4.78, 5) is 0. The van der Waals surface area contributed by atoms with Crippen molar-refractivity contribution in [3.8, 4) is 0 Å². The summed E-state index contributed by atoms with van der Waals surface area (Å²) in [6.45, 7) is 4.04. The summed E-state index contributed by atoms with van der Waals surface area (Å²) in [6.07, 6.45) is 6.58. The molecule has 0 aliphatic carbocycles. The van der Waals surface area contributed by atoms with Crippen LogP contribution >= 0.6 is 0 Å². The van der Waals surface area contributed by atoms with E-state index in [0.717, 1.165) is 55.2 Å². The first-order valence-electron chi connectivity index (χ1n) is 13.3. The topological polar surface area (TPSA) is 49.7 Å². The van der Waals surface area contributed by atoms with Gasteiger partial charge in [-0.3, -0.25) is 0 Å². The van der Waals surface area contributed by atoms with Crippen LogP contribution in [0.3, 0.4) is 0 Å². The molecular weight excluding hydrogens is 432 g/mol. The van der Waals surface area contributed by atoms with E-state index in [1.54, 1.807) is 0 Å². The molecule has 0 aliphatic rings. The van der Waals surface area contributed by atoms with E-state index in [1.165, 1.54) is 0 Å². The number of hydrogen-bond donors (Lipinski definition) is 2. The molecule has 0 aromatic heterocycles. The van der Waals surface area contributed by atoms with Gasteiger partial charge < -0.3 is 14.9 Å². The lowest BCUT2D eigenvalue weighted by atomic mass is 9.77. The molecule has 0 heterocycles. The minimum absolute atomic E-state index is 0.327. The van der Waals surface area contributed by atoms with Crippen LogP contribution in [0.25, 0.3) is 0 Å². The Bertz CT molecular complexity index is 849. The van der Waals surface area contributed by atoms with Crippen LogP contribution in [0.15, 0.2) is 91.0 Å². The molecule has 0 saturated carbocycles. The molecule has 0 saturated heterocycles. The van der Waals surface area contributed by atoms with E-state index in [9.17, 15) is 10.2 Å². The van der Waals surface area contributed by atoms with E-state index in [4.69, 9.17) is 4.74 Å². The number of aliphatic hydroxyl groups is 2. The quantitative estimate of drug-likeness (QED) is 0.180. The molecule has 0 radical (unpaired) electrons. The number of ether oxygens (including phenoxy) is 1. The maximum Gasteiger partial charge on any atom is 0.144 e. The molecule has 0 aliphatic heterocycles. The molecule has 1 unspecified atom stereocenters. The van der Waals surface area contributed by atoms with Crippen molar-refractivity contribution < 1.29 is 14.9 Å². The van der Waals surface area contributed by atoms with Crippen molar-refractivity contribution in [3.05, 3.63) is 108 Å². The Labute approximate surface area is 211 Å². The van der Waals surface area contributed by atoms with Crippen molar-refractivity contribution in [2.45, 2.75) is 82.5 Å². The zero-order valence-electron chi connectivity index (χ0n) is 21.4. The van der Waals surface area contributed by atoms with Crippen LogP contribution in [0, 0.1) is 0 Å². The minimum Gasteiger partial charge on any atom is -0.394 e. The molecule has 0 fully saturated rings. The van der Waals surface area contributed by atoms with Crippen molar-refractivity contribution in [3.63, 3.8) is 0 Å². The summed E-state index contributed by atoms with van der Waals surface area (Å²) < 4.78 is 7.42. The van der Waals surface area contributed by atoms with Gasteiger partial charge in [0.2, 0.25) is 0 Å². The van der Waals surface area contributed by atoms with Crippen LogP contribution in [0.5, 0.6) is 0 Å². The monoisotopic (exact) mass is 474 g/mol. The smallest absolute Gasteiger partial charge is 0.144 e. The van der Waals surface area contributed by atoms with Crippen molar-refractivity contribution in [1.29, 1.82) is 0 Å². The molecule has 3 rings (SSSR count). The molecular formula is C32H42O3. The minimum atomic E-state index is -0.980. The fraction of sp³-hybridized carbons (Fsp3) is 0.438. The van der Waals surface area contributed by atoms with Gasteiger partial charge in [-0.05, 0) is 29.5 Å². The first-order valence-corrected chi connectivity index (χ1v) is 13.3. The summed E-state index contributed by atoms with van der Waals surface area (Å²) in [6, 6.07) is 30.9. The molecule has 1 atom stereocenters. The SMILES string of the molecule is CCCCCC(CCCCC)(OC(c1ccccc1)(c1ccccc1)c1ccccc1)C(O)CO. The molecule has 3 nitrogen and oxygen atoms in total. The van der Waals surface area contributed by atoms with Gasteiger partial charge in [0.1, 0.15) is 11.7 Å². The van der Waals surface area contributed by atoms with Gasteiger partial charge in [-0.1, -0.05) is 143 Å². The average Bonchev–Trinajstić information content (AvgIpc) is 2.92. The van der Waals surface area contributed by atoms with Crippen LogP contribution in [-0.4, -0.2) is 28.5 Å². The Morgan fingerprint density at radius 3 is 1.31 bits per heavy atom. The van der Waals surface area contributed by atoms with Gasteiger partial charge in [0.25, 0.3) is 0 Å². The standard InChI is InChI=1S/C32H42O3/c1-3-5-16-24-31(30(34)26-33,25-17-6-4-2)35-32(27-18-10-7-11-19-27,28-20-12-8-13-21-28)29-22-14-9-15-23-29/h7-15,18-23,30,33-34H,3-6,16-17,24-26H2,1-2H3. The number of unbranched alkanes of at least 4 members (excludes halogenated alkanes) is 4. The highest BCUT2D eigenvalue weighted by atomic mass is 16.5. The highest BCUT2D eigenvalue weighted by molar-refractivity contribution is 5.47. The van der Waals surface area contributed by atoms with Crippen molar-refractivity contribution in [2.24, 2.45) is 0 Å². The summed E-state index contributed by atoms with van der Waals surface area (Å²) in [5.74, 6) is 0. The first kappa shape index (κ1) is 27.1. The second kappa shape index (κ2) is 13.6. The Morgan fingerprint density at radius 1 is 0.629 bits per heavy atom. The van der Waals surface area contributed by atoms with Crippen molar-refractivity contribution in [1.82, 2.24) is 0 Å². The third kappa shape index (κ3) is 6.41. The maximum atomic E-state index is 11.4. The van der Waals surface area contributed by atoms with Crippen LogP contribution in [0.2, 0.25) is 0 Å². The Kier molecular flexibility index (Phi) is 10.5. The normalized spacial score (nSPS) is 13.0. The highest BCUT2D eigenvalue weighted by Crippen LogP contribution is 2.46. The van der Waals surface area contributed by atoms with Gasteiger partial charge in [-0.25, -0.2) is 0 Å². The molecule has 35 heavy (non-hydrogen) atoms. The average molecular weight is 475 g/mol. The lowest BCUT2D eigenvalue weighted by Crippen LogP contribution is -2.53. The number of benzene rings is 3. The molecule has 3 aromatic rings. The first-order chi connectivity index (χ1) is 17.1. The third-order valence-electron chi connectivity index (χ3n) is 7.08. The predicted molar refractivity (Wildman–Crippen MR) is 144 cm³/mol. The third-order valence-corrected chi connectivity index (χ3v) is 7.08. The van der Waals surface area contributed by atoms with E-state index in [2.05, 4.69) is 50.2 Å². The summed E-state index contributed by atoms with van der Waals surface area (Å²) in [5.41, 5.74) is 1.22. The van der Waals surface area contributed by atoms with E-state index in [0.29, 0.717) is 12.8 Å². The Hall–Kier alpha value is -2.46. The van der Waals surface area contributed by atoms with Gasteiger partial charge in [-0.15, -0.1) is 0 Å². The summed E-state index contributed by atoms with van der Waals surface area (Å²) >= 11 is 0. The molecule has 188 valence electrons. The predicted octanol–water partition coefficient (Wildman–Crippen LogP) is 7.25. The molecule has 3 heteroatoms. The van der Waals surface area contributed by atoms with Crippen LogP contribution in [0.1, 0.15) is 81.9 Å². The molecule has 3 aromatic carbocycles. The van der Waals surface area contributed by atoms with E-state index >= 15 is 0 Å². The van der Waals surface area contributed by atoms with E-state index in [-0.39, 0.29) is 6.61 Å². The summed E-state index contributed by atoms with van der Waals surface area (Å²) in [7, 11) is 0. The van der Waals surface area contributed by atoms with Gasteiger partial charge in [0.05, 0.1) is 12.2 Å². The van der Waals surface area contributed by atoms with Gasteiger partial charge in [0.15, 0.2) is 0 Å². The van der Waals surface area contributed by atoms with Crippen molar-refractivity contribution >= 4 is 0 Å². The fourth-order valence-corrected chi connectivity index (χ4v) is 5.14. The Balaban J connectivity index is 2.27. The number of hydrogen-bond acceptors (Lipinski definition) is 3. The van der Waals surface area contributed by atoms with Gasteiger partial charge in [0, 0.05) is 0 Å². The number of aliphatic hydroxyl groups excluding tert-OH is 2. The molecule has 0 bridgehead atoms. The Morgan fingerprint density at radius 2 is 1.00 bits per heavy atom. The maximum absolute atomic E-state index is 11.4. The van der Waals surface area contributed by atoms with E-state index < -0.39 is 17.3 Å². The zero-order chi connectivity index (χ0) is 25.0. The van der Waals surface area contributed by atoms with Gasteiger partial charge >= 0.3 is 0 Å². The van der Waals surface area contributed by atoms with Crippen molar-refractivity contribution in [2.75, 3.05) is 6.61 Å². The number of rotatable bonds is 15. The van der Waals surface area contributed by atoms with Crippen LogP contribution < -0.4 is 0 Å².